The Morgan fingerprint density at radius 3 is 2.50 bits per heavy atom. The molecule has 0 heterocycles. The van der Waals surface area contributed by atoms with E-state index in [0.717, 1.165) is 17.7 Å². The predicted molar refractivity (Wildman–Crippen MR) is 121 cm³/mol. The minimum atomic E-state index is -0.650. The van der Waals surface area contributed by atoms with Gasteiger partial charge in [0.1, 0.15) is 17.5 Å². The molecule has 1 atom stereocenters. The largest absolute Gasteiger partial charge is 0.497 e. The van der Waals surface area contributed by atoms with Crippen LogP contribution in [0.5, 0.6) is 11.5 Å². The van der Waals surface area contributed by atoms with E-state index < -0.39 is 6.04 Å². The van der Waals surface area contributed by atoms with Crippen molar-refractivity contribution in [3.05, 3.63) is 57.5 Å². The molecule has 1 unspecified atom stereocenters. The van der Waals surface area contributed by atoms with Crippen LogP contribution in [0.2, 0.25) is 5.02 Å². The Morgan fingerprint density at radius 2 is 1.90 bits per heavy atom. The first-order valence-corrected chi connectivity index (χ1v) is 10.8. The van der Waals surface area contributed by atoms with Gasteiger partial charge in [-0.25, -0.2) is 0 Å². The van der Waals surface area contributed by atoms with Crippen LogP contribution in [0.25, 0.3) is 0 Å². The molecule has 0 radical (unpaired) electrons. The lowest BCUT2D eigenvalue weighted by molar-refractivity contribution is -0.142. The average Bonchev–Trinajstić information content (AvgIpc) is 2.74. The molecule has 0 saturated carbocycles. The molecule has 0 fully saturated rings. The van der Waals surface area contributed by atoms with Gasteiger partial charge in [-0.1, -0.05) is 30.7 Å². The van der Waals surface area contributed by atoms with Gasteiger partial charge < -0.3 is 19.7 Å². The Labute approximate surface area is 190 Å². The van der Waals surface area contributed by atoms with Crippen LogP contribution in [0, 0.1) is 0 Å². The zero-order chi connectivity index (χ0) is 22.1. The van der Waals surface area contributed by atoms with E-state index in [1.807, 2.05) is 31.2 Å². The zero-order valence-corrected chi connectivity index (χ0v) is 19.6. The normalized spacial score (nSPS) is 11.5. The summed E-state index contributed by atoms with van der Waals surface area (Å²) in [6.45, 7) is 4.31. The van der Waals surface area contributed by atoms with Crippen LogP contribution in [0.4, 0.5) is 0 Å². The van der Waals surface area contributed by atoms with Gasteiger partial charge in [-0.2, -0.15) is 0 Å². The van der Waals surface area contributed by atoms with Gasteiger partial charge in [0.05, 0.1) is 11.6 Å². The summed E-state index contributed by atoms with van der Waals surface area (Å²) in [6.07, 6.45) is 0.818. The Kier molecular flexibility index (Phi) is 9.46. The minimum absolute atomic E-state index is 0.202. The molecule has 0 bridgehead atoms. The summed E-state index contributed by atoms with van der Waals surface area (Å²) in [4.78, 5) is 27.0. The highest BCUT2D eigenvalue weighted by Gasteiger charge is 2.26. The Morgan fingerprint density at radius 1 is 1.20 bits per heavy atom. The monoisotopic (exact) mass is 496 g/mol. The maximum atomic E-state index is 13.0. The molecular formula is C22H26BrClN2O4. The molecular weight excluding hydrogens is 472 g/mol. The van der Waals surface area contributed by atoms with Crippen molar-refractivity contribution >= 4 is 39.3 Å². The lowest BCUT2D eigenvalue weighted by atomic mass is 10.1. The molecule has 6 nitrogen and oxygen atoms in total. The maximum Gasteiger partial charge on any atom is 0.261 e. The fourth-order valence-electron chi connectivity index (χ4n) is 2.72. The molecule has 1 N–H and O–H groups in total. The van der Waals surface area contributed by atoms with Crippen molar-refractivity contribution in [1.29, 1.82) is 0 Å². The van der Waals surface area contributed by atoms with E-state index in [9.17, 15) is 9.59 Å². The summed E-state index contributed by atoms with van der Waals surface area (Å²) < 4.78 is 11.5. The highest BCUT2D eigenvalue weighted by molar-refractivity contribution is 9.10. The van der Waals surface area contributed by atoms with Crippen molar-refractivity contribution in [2.75, 3.05) is 20.3 Å². The van der Waals surface area contributed by atoms with E-state index in [0.29, 0.717) is 21.8 Å². The molecule has 2 aromatic carbocycles. The van der Waals surface area contributed by atoms with Gasteiger partial charge >= 0.3 is 0 Å². The summed E-state index contributed by atoms with van der Waals surface area (Å²) in [5.74, 6) is 0.722. The zero-order valence-electron chi connectivity index (χ0n) is 17.3. The van der Waals surface area contributed by atoms with Gasteiger partial charge in [-0.3, -0.25) is 9.59 Å². The second-order valence-electron chi connectivity index (χ2n) is 6.70. The van der Waals surface area contributed by atoms with Gasteiger partial charge in [0, 0.05) is 18.1 Å². The smallest absolute Gasteiger partial charge is 0.261 e. The Hall–Kier alpha value is -2.25. The number of halogens is 2. The lowest BCUT2D eigenvalue weighted by Gasteiger charge is -2.29. The van der Waals surface area contributed by atoms with Crippen molar-refractivity contribution in [3.63, 3.8) is 0 Å². The molecule has 2 rings (SSSR count). The first-order chi connectivity index (χ1) is 14.3. The standard InChI is InChI=1S/C22H26BrClN2O4/c1-4-11-25-22(28)15(2)26(13-16-5-8-18(29-3)9-6-16)21(27)14-30-20-10-7-17(24)12-19(20)23/h5-10,12,15H,4,11,13-14H2,1-3H3,(H,25,28). The fourth-order valence-corrected chi connectivity index (χ4v) is 3.52. The van der Waals surface area contributed by atoms with E-state index in [1.165, 1.54) is 4.90 Å². The number of carbonyl (C=O) groups excluding carboxylic acids is 2. The second-order valence-corrected chi connectivity index (χ2v) is 7.99. The van der Waals surface area contributed by atoms with Crippen LogP contribution in [0.15, 0.2) is 46.9 Å². The number of hydrogen-bond acceptors (Lipinski definition) is 4. The molecule has 30 heavy (non-hydrogen) atoms. The number of carbonyl (C=O) groups is 2. The molecule has 0 aliphatic carbocycles. The van der Waals surface area contributed by atoms with Gasteiger partial charge in [0.2, 0.25) is 5.91 Å². The number of amides is 2. The topological polar surface area (TPSA) is 67.9 Å². The summed E-state index contributed by atoms with van der Waals surface area (Å²) in [6, 6.07) is 11.8. The lowest BCUT2D eigenvalue weighted by Crippen LogP contribution is -2.49. The molecule has 162 valence electrons. The molecule has 2 aromatic rings. The Balaban J connectivity index is 2.15. The molecule has 0 aromatic heterocycles. The maximum absolute atomic E-state index is 13.0. The molecule has 8 heteroatoms. The first-order valence-electron chi connectivity index (χ1n) is 9.63. The van der Waals surface area contributed by atoms with E-state index in [-0.39, 0.29) is 25.0 Å². The van der Waals surface area contributed by atoms with E-state index in [2.05, 4.69) is 21.2 Å². The van der Waals surface area contributed by atoms with Gasteiger partial charge in [0.15, 0.2) is 6.61 Å². The third-order valence-corrected chi connectivity index (χ3v) is 5.33. The highest BCUT2D eigenvalue weighted by Crippen LogP contribution is 2.28. The van der Waals surface area contributed by atoms with E-state index in [4.69, 9.17) is 21.1 Å². The minimum Gasteiger partial charge on any atom is -0.497 e. The van der Waals surface area contributed by atoms with Crippen molar-refractivity contribution in [2.45, 2.75) is 32.9 Å². The van der Waals surface area contributed by atoms with Crippen LogP contribution in [0.3, 0.4) is 0 Å². The number of benzene rings is 2. The molecule has 0 spiro atoms. The number of methoxy groups -OCH3 is 1. The predicted octanol–water partition coefficient (Wildman–Crippen LogP) is 4.43. The summed E-state index contributed by atoms with van der Waals surface area (Å²) >= 11 is 9.32. The van der Waals surface area contributed by atoms with Crippen LogP contribution in [-0.4, -0.2) is 43.0 Å². The SMILES string of the molecule is CCCNC(=O)C(C)N(Cc1ccc(OC)cc1)C(=O)COc1ccc(Cl)cc1Br. The third kappa shape index (κ3) is 6.92. The van der Waals surface area contributed by atoms with Gasteiger partial charge in [-0.15, -0.1) is 0 Å². The van der Waals surface area contributed by atoms with Crippen molar-refractivity contribution in [2.24, 2.45) is 0 Å². The van der Waals surface area contributed by atoms with Crippen LogP contribution in [-0.2, 0) is 16.1 Å². The summed E-state index contributed by atoms with van der Waals surface area (Å²) in [7, 11) is 1.59. The van der Waals surface area contributed by atoms with E-state index in [1.54, 1.807) is 32.2 Å². The van der Waals surface area contributed by atoms with Crippen LogP contribution >= 0.6 is 27.5 Å². The number of ether oxygens (including phenoxy) is 2. The summed E-state index contributed by atoms with van der Waals surface area (Å²) in [5, 5.41) is 3.40. The third-order valence-electron chi connectivity index (χ3n) is 4.47. The second kappa shape index (κ2) is 11.8. The molecule has 0 aliphatic heterocycles. The number of rotatable bonds is 10. The van der Waals surface area contributed by atoms with Crippen molar-refractivity contribution in [3.8, 4) is 11.5 Å². The number of hydrogen-bond donors (Lipinski definition) is 1. The number of nitrogens with zero attached hydrogens (tertiary/aromatic N) is 1. The average molecular weight is 498 g/mol. The van der Waals surface area contributed by atoms with Gasteiger partial charge in [-0.05, 0) is 65.2 Å². The first kappa shape index (κ1) is 24.0. The van der Waals surface area contributed by atoms with Crippen LogP contribution < -0.4 is 14.8 Å². The highest BCUT2D eigenvalue weighted by atomic mass is 79.9. The Bertz CT molecular complexity index is 861. The number of nitrogens with one attached hydrogen (secondary N) is 1. The van der Waals surface area contributed by atoms with Gasteiger partial charge in [0.25, 0.3) is 5.91 Å². The molecule has 0 aliphatic rings. The summed E-state index contributed by atoms with van der Waals surface area (Å²) in [5.41, 5.74) is 0.881. The fraction of sp³-hybridized carbons (Fsp3) is 0.364. The van der Waals surface area contributed by atoms with Crippen LogP contribution in [0.1, 0.15) is 25.8 Å². The molecule has 2 amide bonds. The molecule has 0 saturated heterocycles. The van der Waals surface area contributed by atoms with Crippen molar-refractivity contribution < 1.29 is 19.1 Å². The van der Waals surface area contributed by atoms with Crippen molar-refractivity contribution in [1.82, 2.24) is 10.2 Å². The quantitative estimate of drug-likeness (QED) is 0.527. The van der Waals surface area contributed by atoms with E-state index >= 15 is 0 Å².